The van der Waals surface area contributed by atoms with E-state index >= 15 is 0 Å². The summed E-state index contributed by atoms with van der Waals surface area (Å²) in [6, 6.07) is 4.55. The van der Waals surface area contributed by atoms with Gasteiger partial charge in [0.05, 0.1) is 13.2 Å². The molecule has 5 heteroatoms. The molecule has 0 bridgehead atoms. The number of carbonyl (C=O) groups is 1. The second kappa shape index (κ2) is 8.41. The van der Waals surface area contributed by atoms with Crippen LogP contribution in [-0.2, 0) is 16.0 Å². The molecule has 2 aliphatic rings. The van der Waals surface area contributed by atoms with E-state index in [0.717, 1.165) is 65.1 Å². The van der Waals surface area contributed by atoms with E-state index in [1.807, 2.05) is 12.4 Å². The lowest BCUT2D eigenvalue weighted by Crippen LogP contribution is -2.41. The van der Waals surface area contributed by atoms with Gasteiger partial charge in [0.15, 0.2) is 0 Å². The normalized spacial score (nSPS) is 22.4. The summed E-state index contributed by atoms with van der Waals surface area (Å²) in [5.41, 5.74) is 1.31. The molecular weight excluding hydrogens is 290 g/mol. The highest BCUT2D eigenvalue weighted by molar-refractivity contribution is 5.77. The summed E-state index contributed by atoms with van der Waals surface area (Å²) in [5.74, 6) is 0.328. The molecule has 0 aromatic carbocycles. The first kappa shape index (κ1) is 16.4. The molecule has 3 heterocycles. The Morgan fingerprint density at radius 3 is 2.78 bits per heavy atom. The van der Waals surface area contributed by atoms with Gasteiger partial charge in [0, 0.05) is 51.0 Å². The number of hydrogen-bond donors (Lipinski definition) is 0. The van der Waals surface area contributed by atoms with Crippen LogP contribution in [0.2, 0.25) is 0 Å². The summed E-state index contributed by atoms with van der Waals surface area (Å²) in [5, 5.41) is 0. The van der Waals surface area contributed by atoms with Crippen LogP contribution in [0.25, 0.3) is 0 Å². The minimum Gasteiger partial charge on any atom is -0.379 e. The second-order valence-corrected chi connectivity index (χ2v) is 6.48. The number of aromatic nitrogens is 1. The summed E-state index contributed by atoms with van der Waals surface area (Å²) in [6.45, 7) is 5.31. The largest absolute Gasteiger partial charge is 0.379 e. The smallest absolute Gasteiger partial charge is 0.224 e. The molecule has 1 amide bonds. The number of likely N-dealkylation sites (tertiary alicyclic amines) is 1. The van der Waals surface area contributed by atoms with Gasteiger partial charge in [0.25, 0.3) is 0 Å². The molecule has 0 spiro atoms. The number of carbonyl (C=O) groups excluding carboxylic acids is 1. The number of hydrogen-bond acceptors (Lipinski definition) is 4. The first-order valence-corrected chi connectivity index (χ1v) is 8.81. The fourth-order valence-electron chi connectivity index (χ4n) is 3.57. The van der Waals surface area contributed by atoms with Gasteiger partial charge in [-0.25, -0.2) is 0 Å². The highest BCUT2D eigenvalue weighted by Gasteiger charge is 2.28. The van der Waals surface area contributed by atoms with Crippen LogP contribution in [0.4, 0.5) is 0 Å². The van der Waals surface area contributed by atoms with Gasteiger partial charge in [0.2, 0.25) is 5.91 Å². The summed E-state index contributed by atoms with van der Waals surface area (Å²) in [7, 11) is 0. The van der Waals surface area contributed by atoms with Gasteiger partial charge in [0.1, 0.15) is 0 Å². The van der Waals surface area contributed by atoms with Crippen LogP contribution in [0.5, 0.6) is 0 Å². The molecule has 2 aliphatic heterocycles. The monoisotopic (exact) mass is 317 g/mol. The summed E-state index contributed by atoms with van der Waals surface area (Å²) >= 11 is 0. The third-order valence-electron chi connectivity index (χ3n) is 4.96. The third-order valence-corrected chi connectivity index (χ3v) is 4.96. The number of pyridine rings is 1. The zero-order chi connectivity index (χ0) is 15.9. The van der Waals surface area contributed by atoms with E-state index in [9.17, 15) is 4.79 Å². The SMILES string of the molecule is O=C(CCN1CCOCC1)N1CCC[C@@H]1CCc1ccncc1. The van der Waals surface area contributed by atoms with E-state index < -0.39 is 0 Å². The van der Waals surface area contributed by atoms with Gasteiger partial charge in [-0.3, -0.25) is 14.7 Å². The maximum Gasteiger partial charge on any atom is 0.224 e. The lowest BCUT2D eigenvalue weighted by atomic mass is 10.0. The maximum atomic E-state index is 12.6. The van der Waals surface area contributed by atoms with Crippen molar-refractivity contribution in [2.24, 2.45) is 0 Å². The first-order valence-electron chi connectivity index (χ1n) is 8.81. The van der Waals surface area contributed by atoms with Crippen LogP contribution in [0, 0.1) is 0 Å². The van der Waals surface area contributed by atoms with E-state index in [0.29, 0.717) is 18.4 Å². The predicted molar refractivity (Wildman–Crippen MR) is 89.2 cm³/mol. The molecule has 3 rings (SSSR count). The van der Waals surface area contributed by atoms with Crippen LogP contribution in [0.3, 0.4) is 0 Å². The Morgan fingerprint density at radius 1 is 1.22 bits per heavy atom. The van der Waals surface area contributed by atoms with Crippen molar-refractivity contribution in [3.05, 3.63) is 30.1 Å². The first-order chi connectivity index (χ1) is 11.3. The van der Waals surface area contributed by atoms with Crippen molar-refractivity contribution in [3.63, 3.8) is 0 Å². The molecule has 0 unspecified atom stereocenters. The van der Waals surface area contributed by atoms with Crippen molar-refractivity contribution >= 4 is 5.91 Å². The molecule has 0 aliphatic carbocycles. The molecule has 2 fully saturated rings. The van der Waals surface area contributed by atoms with Crippen molar-refractivity contribution in [2.75, 3.05) is 39.4 Å². The van der Waals surface area contributed by atoms with Crippen molar-refractivity contribution < 1.29 is 9.53 Å². The molecule has 2 saturated heterocycles. The molecule has 1 aromatic heterocycles. The Hall–Kier alpha value is -1.46. The van der Waals surface area contributed by atoms with Crippen LogP contribution in [0.15, 0.2) is 24.5 Å². The number of amides is 1. The van der Waals surface area contributed by atoms with Gasteiger partial charge in [-0.05, 0) is 43.4 Å². The molecule has 0 saturated carbocycles. The van der Waals surface area contributed by atoms with E-state index in [1.54, 1.807) is 0 Å². The minimum absolute atomic E-state index is 0.328. The Labute approximate surface area is 138 Å². The van der Waals surface area contributed by atoms with Gasteiger partial charge in [-0.15, -0.1) is 0 Å². The lowest BCUT2D eigenvalue weighted by molar-refractivity contribution is -0.132. The van der Waals surface area contributed by atoms with Crippen LogP contribution in [0.1, 0.15) is 31.2 Å². The number of aryl methyl sites for hydroxylation is 1. The van der Waals surface area contributed by atoms with E-state index in [-0.39, 0.29) is 0 Å². The second-order valence-electron chi connectivity index (χ2n) is 6.48. The highest BCUT2D eigenvalue weighted by Crippen LogP contribution is 2.22. The molecular formula is C18H27N3O2. The van der Waals surface area contributed by atoms with Crippen LogP contribution in [-0.4, -0.2) is 66.1 Å². The van der Waals surface area contributed by atoms with E-state index in [2.05, 4.69) is 26.9 Å². The molecule has 0 radical (unpaired) electrons. The zero-order valence-electron chi connectivity index (χ0n) is 13.8. The zero-order valence-corrected chi connectivity index (χ0v) is 13.8. The van der Waals surface area contributed by atoms with Crippen LogP contribution < -0.4 is 0 Å². The molecule has 126 valence electrons. The number of nitrogens with zero attached hydrogens (tertiary/aromatic N) is 3. The Balaban J connectivity index is 1.44. The van der Waals surface area contributed by atoms with Gasteiger partial charge in [-0.1, -0.05) is 0 Å². The Bertz CT molecular complexity index is 488. The van der Waals surface area contributed by atoms with Crippen molar-refractivity contribution in [3.8, 4) is 0 Å². The number of morpholine rings is 1. The predicted octanol–water partition coefficient (Wildman–Crippen LogP) is 1.73. The Morgan fingerprint density at radius 2 is 2.00 bits per heavy atom. The van der Waals surface area contributed by atoms with Crippen LogP contribution >= 0.6 is 0 Å². The maximum absolute atomic E-state index is 12.6. The summed E-state index contributed by atoms with van der Waals surface area (Å²) in [4.78, 5) is 21.1. The minimum atomic E-state index is 0.328. The van der Waals surface area contributed by atoms with Gasteiger partial charge >= 0.3 is 0 Å². The molecule has 23 heavy (non-hydrogen) atoms. The fourth-order valence-corrected chi connectivity index (χ4v) is 3.57. The van der Waals surface area contributed by atoms with E-state index in [4.69, 9.17) is 4.74 Å². The Kier molecular flexibility index (Phi) is 6.00. The summed E-state index contributed by atoms with van der Waals surface area (Å²) in [6.07, 6.45) is 8.71. The number of rotatable bonds is 6. The average molecular weight is 317 g/mol. The van der Waals surface area contributed by atoms with Gasteiger partial charge < -0.3 is 9.64 Å². The lowest BCUT2D eigenvalue weighted by Gasteiger charge is -2.29. The van der Waals surface area contributed by atoms with Crippen molar-refractivity contribution in [1.29, 1.82) is 0 Å². The van der Waals surface area contributed by atoms with Gasteiger partial charge in [-0.2, -0.15) is 0 Å². The number of ether oxygens (including phenoxy) is 1. The van der Waals surface area contributed by atoms with Crippen molar-refractivity contribution in [1.82, 2.24) is 14.8 Å². The molecule has 1 aromatic rings. The standard InChI is InChI=1S/C18H27N3O2/c22-18(7-11-20-12-14-23-15-13-20)21-10-1-2-17(21)4-3-16-5-8-19-9-6-16/h5-6,8-9,17H,1-4,7,10-15H2/t17-/m1/s1. The highest BCUT2D eigenvalue weighted by atomic mass is 16.5. The quantitative estimate of drug-likeness (QED) is 0.801. The third kappa shape index (κ3) is 4.75. The van der Waals surface area contributed by atoms with Crippen molar-refractivity contribution in [2.45, 2.75) is 38.1 Å². The molecule has 1 atom stereocenters. The van der Waals surface area contributed by atoms with E-state index in [1.165, 1.54) is 5.56 Å². The average Bonchev–Trinajstić information content (AvgIpc) is 3.08. The summed E-state index contributed by atoms with van der Waals surface area (Å²) < 4.78 is 5.36. The molecule has 0 N–H and O–H groups in total. The topological polar surface area (TPSA) is 45.7 Å². The molecule has 5 nitrogen and oxygen atoms in total. The fraction of sp³-hybridized carbons (Fsp3) is 0.667.